The molecule has 0 aliphatic carbocycles. The molecule has 18 heavy (non-hydrogen) atoms. The van der Waals surface area contributed by atoms with E-state index in [1.165, 1.54) is 5.39 Å². The minimum absolute atomic E-state index is 0.881. The summed E-state index contributed by atoms with van der Waals surface area (Å²) >= 11 is 0. The molecule has 0 N–H and O–H groups in total. The van der Waals surface area contributed by atoms with Crippen molar-refractivity contribution in [2.75, 3.05) is 7.11 Å². The van der Waals surface area contributed by atoms with Crippen LogP contribution in [0.25, 0.3) is 22.0 Å². The third-order valence-electron chi connectivity index (χ3n) is 3.07. The summed E-state index contributed by atoms with van der Waals surface area (Å²) in [6.45, 7) is 0. The maximum absolute atomic E-state index is 5.57. The molecule has 0 atom stereocenters. The van der Waals surface area contributed by atoms with Crippen molar-refractivity contribution in [3.8, 4) is 17.0 Å². The van der Waals surface area contributed by atoms with Crippen molar-refractivity contribution >= 4 is 10.8 Å². The van der Waals surface area contributed by atoms with Gasteiger partial charge in [-0.1, -0.05) is 30.3 Å². The summed E-state index contributed by atoms with van der Waals surface area (Å²) < 4.78 is 7.37. The number of rotatable bonds is 2. The summed E-state index contributed by atoms with van der Waals surface area (Å²) in [6.07, 6.45) is 1.93. The molecule has 1 aromatic heterocycles. The van der Waals surface area contributed by atoms with Gasteiger partial charge in [0.2, 0.25) is 0 Å². The SMILES string of the molecule is COc1c(-c2ccn(C)n2)ccc2ccccc12. The quantitative estimate of drug-likeness (QED) is 0.685. The molecule has 1 heterocycles. The Balaban J connectivity index is 2.29. The smallest absolute Gasteiger partial charge is 0.136 e. The van der Waals surface area contributed by atoms with Crippen molar-refractivity contribution < 1.29 is 4.74 Å². The van der Waals surface area contributed by atoms with Crippen LogP contribution in [0.5, 0.6) is 5.75 Å². The molecule has 3 nitrogen and oxygen atoms in total. The summed E-state index contributed by atoms with van der Waals surface area (Å²) in [6, 6.07) is 14.4. The van der Waals surface area contributed by atoms with Gasteiger partial charge in [-0.3, -0.25) is 4.68 Å². The van der Waals surface area contributed by atoms with Crippen molar-refractivity contribution in [3.05, 3.63) is 48.7 Å². The Morgan fingerprint density at radius 1 is 1.06 bits per heavy atom. The minimum atomic E-state index is 0.881. The number of ether oxygens (including phenoxy) is 1. The average molecular weight is 238 g/mol. The van der Waals surface area contributed by atoms with Gasteiger partial charge in [-0.25, -0.2) is 0 Å². The van der Waals surface area contributed by atoms with Gasteiger partial charge in [0.1, 0.15) is 5.75 Å². The van der Waals surface area contributed by atoms with Gasteiger partial charge in [0, 0.05) is 24.2 Å². The lowest BCUT2D eigenvalue weighted by Crippen LogP contribution is -1.92. The summed E-state index contributed by atoms with van der Waals surface area (Å²) in [4.78, 5) is 0. The monoisotopic (exact) mass is 238 g/mol. The van der Waals surface area contributed by atoms with E-state index in [1.54, 1.807) is 11.8 Å². The molecule has 0 fully saturated rings. The van der Waals surface area contributed by atoms with Crippen molar-refractivity contribution in [2.45, 2.75) is 0 Å². The standard InChI is InChI=1S/C15H14N2O/c1-17-10-9-14(16-17)13-8-7-11-5-3-4-6-12(11)15(13)18-2/h3-10H,1-2H3. The van der Waals surface area contributed by atoms with E-state index in [4.69, 9.17) is 4.74 Å². The number of fused-ring (bicyclic) bond motifs is 1. The first-order valence-electron chi connectivity index (χ1n) is 5.85. The zero-order valence-electron chi connectivity index (χ0n) is 10.4. The fraction of sp³-hybridized carbons (Fsp3) is 0.133. The molecule has 0 saturated carbocycles. The predicted molar refractivity (Wildman–Crippen MR) is 72.7 cm³/mol. The largest absolute Gasteiger partial charge is 0.495 e. The van der Waals surface area contributed by atoms with Crippen molar-refractivity contribution in [2.24, 2.45) is 7.05 Å². The van der Waals surface area contributed by atoms with E-state index in [2.05, 4.69) is 29.4 Å². The molecular weight excluding hydrogens is 224 g/mol. The van der Waals surface area contributed by atoms with Crippen LogP contribution in [0, 0.1) is 0 Å². The Morgan fingerprint density at radius 3 is 2.61 bits per heavy atom. The molecule has 3 heteroatoms. The molecule has 0 amide bonds. The number of hydrogen-bond donors (Lipinski definition) is 0. The molecule has 0 bridgehead atoms. The van der Waals surface area contributed by atoms with E-state index in [9.17, 15) is 0 Å². The van der Waals surface area contributed by atoms with E-state index >= 15 is 0 Å². The van der Waals surface area contributed by atoms with Crippen LogP contribution in [-0.2, 0) is 7.05 Å². The highest BCUT2D eigenvalue weighted by Gasteiger charge is 2.11. The van der Waals surface area contributed by atoms with Crippen LogP contribution in [0.1, 0.15) is 0 Å². The van der Waals surface area contributed by atoms with E-state index in [1.807, 2.05) is 31.4 Å². The highest BCUT2D eigenvalue weighted by atomic mass is 16.5. The highest BCUT2D eigenvalue weighted by Crippen LogP contribution is 2.35. The van der Waals surface area contributed by atoms with Crippen molar-refractivity contribution in [1.82, 2.24) is 9.78 Å². The van der Waals surface area contributed by atoms with Gasteiger partial charge in [0.25, 0.3) is 0 Å². The summed E-state index contributed by atoms with van der Waals surface area (Å²) in [5.74, 6) is 0.881. The molecule has 0 aliphatic heterocycles. The topological polar surface area (TPSA) is 27.1 Å². The number of nitrogens with zero attached hydrogens (tertiary/aromatic N) is 2. The number of aromatic nitrogens is 2. The van der Waals surface area contributed by atoms with Crippen LogP contribution < -0.4 is 4.74 Å². The van der Waals surface area contributed by atoms with Gasteiger partial charge in [0.05, 0.1) is 12.8 Å². The van der Waals surface area contributed by atoms with Gasteiger partial charge in [-0.15, -0.1) is 0 Å². The maximum atomic E-state index is 5.57. The fourth-order valence-corrected chi connectivity index (χ4v) is 2.22. The van der Waals surface area contributed by atoms with E-state index < -0.39 is 0 Å². The second-order valence-corrected chi connectivity index (χ2v) is 4.24. The number of benzene rings is 2. The second-order valence-electron chi connectivity index (χ2n) is 4.24. The molecule has 3 rings (SSSR count). The molecule has 0 spiro atoms. The van der Waals surface area contributed by atoms with Crippen LogP contribution in [0.15, 0.2) is 48.7 Å². The second kappa shape index (κ2) is 4.18. The van der Waals surface area contributed by atoms with Gasteiger partial charge in [0.15, 0.2) is 0 Å². The Bertz CT molecular complexity index is 701. The zero-order chi connectivity index (χ0) is 12.5. The predicted octanol–water partition coefficient (Wildman–Crippen LogP) is 3.25. The lowest BCUT2D eigenvalue weighted by Gasteiger charge is -2.10. The molecule has 0 aliphatic rings. The van der Waals surface area contributed by atoms with Gasteiger partial charge in [-0.05, 0) is 17.5 Å². The Labute approximate surface area is 106 Å². The van der Waals surface area contributed by atoms with E-state index in [0.717, 1.165) is 22.4 Å². The zero-order valence-corrected chi connectivity index (χ0v) is 10.4. The molecule has 0 saturated heterocycles. The first-order valence-corrected chi connectivity index (χ1v) is 5.85. The molecule has 0 unspecified atom stereocenters. The van der Waals surface area contributed by atoms with E-state index in [-0.39, 0.29) is 0 Å². The normalized spacial score (nSPS) is 10.8. The van der Waals surface area contributed by atoms with Crippen LogP contribution in [0.2, 0.25) is 0 Å². The Hall–Kier alpha value is -2.29. The van der Waals surface area contributed by atoms with Crippen LogP contribution in [0.4, 0.5) is 0 Å². The fourth-order valence-electron chi connectivity index (χ4n) is 2.22. The molecule has 3 aromatic rings. The minimum Gasteiger partial charge on any atom is -0.495 e. The number of methoxy groups -OCH3 is 1. The van der Waals surface area contributed by atoms with Crippen LogP contribution in [-0.4, -0.2) is 16.9 Å². The molecule has 0 radical (unpaired) electrons. The maximum Gasteiger partial charge on any atom is 0.136 e. The Kier molecular flexibility index (Phi) is 2.52. The van der Waals surface area contributed by atoms with Gasteiger partial charge < -0.3 is 4.74 Å². The van der Waals surface area contributed by atoms with Gasteiger partial charge >= 0.3 is 0 Å². The van der Waals surface area contributed by atoms with Crippen LogP contribution in [0.3, 0.4) is 0 Å². The number of hydrogen-bond acceptors (Lipinski definition) is 2. The molecule has 2 aromatic carbocycles. The van der Waals surface area contributed by atoms with Crippen LogP contribution >= 0.6 is 0 Å². The van der Waals surface area contributed by atoms with Crippen molar-refractivity contribution in [1.29, 1.82) is 0 Å². The molecule has 90 valence electrons. The Morgan fingerprint density at radius 2 is 1.89 bits per heavy atom. The molecular formula is C15H14N2O. The first kappa shape index (κ1) is 10.8. The average Bonchev–Trinajstić information content (AvgIpc) is 2.84. The summed E-state index contributed by atoms with van der Waals surface area (Å²) in [5.41, 5.74) is 1.96. The third-order valence-corrected chi connectivity index (χ3v) is 3.07. The van der Waals surface area contributed by atoms with E-state index in [0.29, 0.717) is 0 Å². The third kappa shape index (κ3) is 1.64. The van der Waals surface area contributed by atoms with Gasteiger partial charge in [-0.2, -0.15) is 5.10 Å². The first-order chi connectivity index (χ1) is 8.79. The number of aryl methyl sites for hydroxylation is 1. The lowest BCUT2D eigenvalue weighted by atomic mass is 10.0. The highest BCUT2D eigenvalue weighted by molar-refractivity contribution is 5.94. The lowest BCUT2D eigenvalue weighted by molar-refractivity contribution is 0.421. The summed E-state index contributed by atoms with van der Waals surface area (Å²) in [5, 5.41) is 6.72. The summed E-state index contributed by atoms with van der Waals surface area (Å²) in [7, 11) is 3.62. The van der Waals surface area contributed by atoms with Crippen molar-refractivity contribution in [3.63, 3.8) is 0 Å².